The third kappa shape index (κ3) is 9.20. The Morgan fingerprint density at radius 3 is 0.909 bits per heavy atom. The summed E-state index contributed by atoms with van der Waals surface area (Å²) >= 11 is 0. The average molecular weight is 443 g/mol. The van der Waals surface area contributed by atoms with Gasteiger partial charge in [-0.15, -0.1) is 0 Å². The molecule has 0 fully saturated rings. The maximum Gasteiger partial charge on any atom is 2.00 e. The second-order valence-electron chi connectivity index (χ2n) is 3.67. The topological polar surface area (TPSA) is 126 Å². The van der Waals surface area contributed by atoms with Gasteiger partial charge in [0, 0.05) is 0 Å². The first-order valence-electron chi connectivity index (χ1n) is 5.36. The minimum absolute atomic E-state index is 0. The molecule has 22 heavy (non-hydrogen) atoms. The molecule has 0 saturated carbocycles. The van der Waals surface area contributed by atoms with Crippen LogP contribution in [0.25, 0.3) is 0 Å². The van der Waals surface area contributed by atoms with E-state index in [1.807, 2.05) is 0 Å². The third-order valence-corrected chi connectivity index (χ3v) is 4.01. The van der Waals surface area contributed by atoms with Gasteiger partial charge in [-0.1, -0.05) is 60.7 Å². The molecule has 0 aromatic heterocycles. The van der Waals surface area contributed by atoms with Crippen molar-refractivity contribution in [3.8, 4) is 0 Å². The van der Waals surface area contributed by atoms with Gasteiger partial charge in [0.15, 0.2) is 0 Å². The first-order valence-corrected chi connectivity index (χ1v) is 8.45. The molecule has 0 bridgehead atoms. The van der Waals surface area contributed by atoms with Gasteiger partial charge in [-0.3, -0.25) is 0 Å². The standard InChI is InChI=1S/2C6H7O3P.2Zn/c2*7-10(8,9)6-4-2-1-3-5-6;;/h2*1-5H,(H2,7,8,9);;/q;;2*+2/p-4. The molecule has 0 atom stereocenters. The summed E-state index contributed by atoms with van der Waals surface area (Å²) < 4.78 is 20.6. The van der Waals surface area contributed by atoms with Crippen LogP contribution in [0.3, 0.4) is 0 Å². The van der Waals surface area contributed by atoms with Crippen LogP contribution in [0, 0.1) is 0 Å². The third-order valence-electron chi connectivity index (χ3n) is 2.14. The molecule has 0 aliphatic rings. The van der Waals surface area contributed by atoms with Crippen molar-refractivity contribution in [3.63, 3.8) is 0 Å². The van der Waals surface area contributed by atoms with E-state index in [0.29, 0.717) is 0 Å². The van der Waals surface area contributed by atoms with E-state index in [1.54, 1.807) is 12.1 Å². The molecule has 0 aliphatic carbocycles. The van der Waals surface area contributed by atoms with Crippen LogP contribution >= 0.6 is 15.2 Å². The van der Waals surface area contributed by atoms with Crippen LogP contribution in [0.4, 0.5) is 0 Å². The first-order chi connectivity index (χ1) is 9.21. The molecule has 10 heteroatoms. The van der Waals surface area contributed by atoms with Gasteiger partial charge in [-0.2, -0.15) is 0 Å². The van der Waals surface area contributed by atoms with E-state index in [-0.39, 0.29) is 49.6 Å². The molecule has 0 heterocycles. The van der Waals surface area contributed by atoms with Gasteiger partial charge < -0.3 is 28.7 Å². The van der Waals surface area contributed by atoms with E-state index in [9.17, 15) is 28.7 Å². The molecule has 0 spiro atoms. The van der Waals surface area contributed by atoms with Gasteiger partial charge in [-0.25, -0.2) is 0 Å². The van der Waals surface area contributed by atoms with Crippen LogP contribution in [-0.2, 0) is 48.1 Å². The van der Waals surface area contributed by atoms with Gasteiger partial charge >= 0.3 is 39.0 Å². The normalized spacial score (nSPS) is 10.4. The Morgan fingerprint density at radius 2 is 0.773 bits per heavy atom. The van der Waals surface area contributed by atoms with Crippen molar-refractivity contribution < 1.29 is 67.7 Å². The maximum atomic E-state index is 10.3. The minimum Gasteiger partial charge on any atom is -0.807 e. The van der Waals surface area contributed by atoms with Gasteiger partial charge in [0.1, 0.15) is 0 Å². The predicted molar refractivity (Wildman–Crippen MR) is 67.4 cm³/mol. The van der Waals surface area contributed by atoms with Crippen LogP contribution in [0.1, 0.15) is 0 Å². The Kier molecular flexibility index (Phi) is 11.8. The van der Waals surface area contributed by atoms with Gasteiger partial charge in [0.2, 0.25) is 0 Å². The van der Waals surface area contributed by atoms with Crippen molar-refractivity contribution in [3.05, 3.63) is 60.7 Å². The summed E-state index contributed by atoms with van der Waals surface area (Å²) in [6.07, 6.45) is 0. The summed E-state index contributed by atoms with van der Waals surface area (Å²) in [7, 11) is -9.04. The summed E-state index contributed by atoms with van der Waals surface area (Å²) in [6, 6.07) is 14.5. The Morgan fingerprint density at radius 1 is 0.545 bits per heavy atom. The quantitative estimate of drug-likeness (QED) is 0.409. The summed E-state index contributed by atoms with van der Waals surface area (Å²) in [5.41, 5.74) is 0. The largest absolute Gasteiger partial charge is 2.00 e. The van der Waals surface area contributed by atoms with Crippen LogP contribution in [0.5, 0.6) is 0 Å². The molecule has 0 radical (unpaired) electrons. The monoisotopic (exact) mass is 440 g/mol. The predicted octanol–water partition coefficient (Wildman–Crippen LogP) is -1.55. The maximum absolute atomic E-state index is 10.3. The van der Waals surface area contributed by atoms with E-state index in [0.717, 1.165) is 0 Å². The van der Waals surface area contributed by atoms with Crippen molar-refractivity contribution in [1.29, 1.82) is 0 Å². The minimum atomic E-state index is -4.52. The molecular formula is C12H10O6P2Zn2. The molecule has 0 unspecified atom stereocenters. The fourth-order valence-electron chi connectivity index (χ4n) is 1.22. The smallest absolute Gasteiger partial charge is 0.807 e. The van der Waals surface area contributed by atoms with E-state index in [2.05, 4.69) is 0 Å². The van der Waals surface area contributed by atoms with Gasteiger partial charge in [-0.05, 0) is 25.8 Å². The van der Waals surface area contributed by atoms with Gasteiger partial charge in [0.25, 0.3) is 0 Å². The fraction of sp³-hybridized carbons (Fsp3) is 0. The summed E-state index contributed by atoms with van der Waals surface area (Å²) in [6.45, 7) is 0. The molecule has 0 aliphatic heterocycles. The molecule has 0 saturated heterocycles. The van der Waals surface area contributed by atoms with Crippen molar-refractivity contribution in [2.24, 2.45) is 0 Å². The molecule has 2 aromatic rings. The van der Waals surface area contributed by atoms with Crippen LogP contribution < -0.4 is 30.2 Å². The fourth-order valence-corrected chi connectivity index (χ4v) is 2.30. The zero-order valence-electron chi connectivity index (χ0n) is 11.5. The molecule has 0 amide bonds. The molecule has 6 nitrogen and oxygen atoms in total. The average Bonchev–Trinajstić information content (AvgIpc) is 2.40. The zero-order chi connectivity index (χ0) is 15.2. The van der Waals surface area contributed by atoms with E-state index < -0.39 is 15.2 Å². The van der Waals surface area contributed by atoms with Crippen molar-refractivity contribution in [2.45, 2.75) is 0 Å². The van der Waals surface area contributed by atoms with E-state index in [1.165, 1.54) is 48.5 Å². The molecule has 2 aromatic carbocycles. The first kappa shape index (κ1) is 24.2. The second-order valence-corrected chi connectivity index (χ2v) is 6.69. The van der Waals surface area contributed by atoms with Crippen LogP contribution in [-0.4, -0.2) is 0 Å². The molecule has 2 rings (SSSR count). The Balaban J connectivity index is 0. The Labute approximate surface area is 153 Å². The molecule has 108 valence electrons. The van der Waals surface area contributed by atoms with E-state index in [4.69, 9.17) is 0 Å². The van der Waals surface area contributed by atoms with E-state index >= 15 is 0 Å². The number of hydrogen-bond acceptors (Lipinski definition) is 6. The Bertz CT molecular complexity index is 569. The van der Waals surface area contributed by atoms with Crippen LogP contribution in [0.15, 0.2) is 60.7 Å². The molecule has 0 N–H and O–H groups in total. The Hall–Kier alpha value is -0.0132. The number of hydrogen-bond donors (Lipinski definition) is 0. The SMILES string of the molecule is O=P([O-])([O-])c1ccccc1.O=P([O-])([O-])c1ccccc1.[Zn+2].[Zn+2]. The second kappa shape index (κ2) is 10.7. The summed E-state index contributed by atoms with van der Waals surface area (Å²) in [4.78, 5) is 41.2. The summed E-state index contributed by atoms with van der Waals surface area (Å²) in [5, 5.41) is -0.315. The van der Waals surface area contributed by atoms with Crippen molar-refractivity contribution >= 4 is 25.8 Å². The number of benzene rings is 2. The van der Waals surface area contributed by atoms with Crippen molar-refractivity contribution in [1.82, 2.24) is 0 Å². The van der Waals surface area contributed by atoms with Gasteiger partial charge in [0.05, 0.1) is 0 Å². The number of rotatable bonds is 2. The summed E-state index contributed by atoms with van der Waals surface area (Å²) in [5.74, 6) is 0. The zero-order valence-corrected chi connectivity index (χ0v) is 19.3. The van der Waals surface area contributed by atoms with Crippen LogP contribution in [0.2, 0.25) is 0 Å². The van der Waals surface area contributed by atoms with Crippen molar-refractivity contribution in [2.75, 3.05) is 0 Å². The molecular weight excluding hydrogens is 433 g/mol.